The van der Waals surface area contributed by atoms with Gasteiger partial charge < -0.3 is 5.32 Å². The predicted octanol–water partition coefficient (Wildman–Crippen LogP) is 2.51. The Bertz CT molecular complexity index is 970. The number of amides is 1. The number of aromatic nitrogens is 2. The third kappa shape index (κ3) is 2.40. The largest absolute Gasteiger partial charge is 0.369 e. The fourth-order valence-corrected chi connectivity index (χ4v) is 2.81. The molecular weight excluding hydrogens is 288 g/mol. The van der Waals surface area contributed by atoms with Crippen molar-refractivity contribution in [1.82, 2.24) is 9.55 Å². The zero-order valence-corrected chi connectivity index (χ0v) is 12.8. The average Bonchev–Trinajstić information content (AvgIpc) is 3.06. The summed E-state index contributed by atoms with van der Waals surface area (Å²) in [7, 11) is 0. The van der Waals surface area contributed by atoms with Gasteiger partial charge in [-0.3, -0.25) is 9.36 Å². The van der Waals surface area contributed by atoms with Crippen molar-refractivity contribution in [2.24, 2.45) is 4.99 Å². The molecule has 1 aliphatic rings. The van der Waals surface area contributed by atoms with Crippen molar-refractivity contribution < 1.29 is 4.79 Å². The number of nitrogens with one attached hydrogen (secondary N) is 1. The lowest BCUT2D eigenvalue weighted by Gasteiger charge is -2.07. The van der Waals surface area contributed by atoms with Gasteiger partial charge in [0, 0.05) is 24.0 Å². The van der Waals surface area contributed by atoms with Gasteiger partial charge >= 0.3 is 0 Å². The molecule has 4 rings (SSSR count). The van der Waals surface area contributed by atoms with Crippen LogP contribution in [0.1, 0.15) is 15.9 Å². The van der Waals surface area contributed by atoms with Crippen LogP contribution >= 0.6 is 0 Å². The van der Waals surface area contributed by atoms with Gasteiger partial charge in [-0.15, -0.1) is 0 Å². The van der Waals surface area contributed by atoms with E-state index in [-0.39, 0.29) is 5.91 Å². The van der Waals surface area contributed by atoms with Gasteiger partial charge in [-0.25, -0.2) is 4.98 Å². The van der Waals surface area contributed by atoms with Crippen LogP contribution in [0.3, 0.4) is 0 Å². The van der Waals surface area contributed by atoms with Crippen LogP contribution < -0.4 is 10.9 Å². The molecule has 114 valence electrons. The number of anilines is 1. The van der Waals surface area contributed by atoms with Crippen LogP contribution in [-0.4, -0.2) is 22.0 Å². The minimum atomic E-state index is -0.269. The highest BCUT2D eigenvalue weighted by atomic mass is 16.1. The van der Waals surface area contributed by atoms with Gasteiger partial charge in [0.2, 0.25) is 5.62 Å². The molecule has 0 spiro atoms. The Balaban J connectivity index is 1.88. The Labute approximate surface area is 133 Å². The molecule has 2 heterocycles. The second-order valence-corrected chi connectivity index (χ2v) is 5.64. The SMILES string of the molecule is Cc1ccc(C(=O)N=c2nc3ccccc3c3n2CCN3)cc1. The number of carbonyl (C=O) groups is 1. The number of hydrogen-bond acceptors (Lipinski definition) is 3. The molecule has 3 aromatic rings. The van der Waals surface area contributed by atoms with Gasteiger partial charge in [0.05, 0.1) is 5.52 Å². The monoisotopic (exact) mass is 304 g/mol. The van der Waals surface area contributed by atoms with Crippen molar-refractivity contribution in [2.45, 2.75) is 13.5 Å². The van der Waals surface area contributed by atoms with Gasteiger partial charge in [-0.1, -0.05) is 29.8 Å². The quantitative estimate of drug-likeness (QED) is 0.751. The lowest BCUT2D eigenvalue weighted by molar-refractivity contribution is 0.0996. The first-order chi connectivity index (χ1) is 11.2. The molecule has 1 N–H and O–H groups in total. The van der Waals surface area contributed by atoms with Crippen LogP contribution in [-0.2, 0) is 6.54 Å². The Hall–Kier alpha value is -2.95. The summed E-state index contributed by atoms with van der Waals surface area (Å²) in [6.07, 6.45) is 0. The summed E-state index contributed by atoms with van der Waals surface area (Å²) >= 11 is 0. The summed E-state index contributed by atoms with van der Waals surface area (Å²) in [5.74, 6) is 0.709. The first-order valence-electron chi connectivity index (χ1n) is 7.61. The average molecular weight is 304 g/mol. The maximum Gasteiger partial charge on any atom is 0.280 e. The van der Waals surface area contributed by atoms with Gasteiger partial charge in [-0.2, -0.15) is 4.99 Å². The summed E-state index contributed by atoms with van der Waals surface area (Å²) in [6, 6.07) is 15.3. The molecule has 1 amide bonds. The highest BCUT2D eigenvalue weighted by Gasteiger charge is 2.15. The van der Waals surface area contributed by atoms with Crippen molar-refractivity contribution >= 4 is 22.6 Å². The molecule has 0 atom stereocenters. The summed E-state index contributed by atoms with van der Waals surface area (Å²) in [6.45, 7) is 3.56. The molecule has 0 bridgehead atoms. The second-order valence-electron chi connectivity index (χ2n) is 5.64. The lowest BCUT2D eigenvalue weighted by atomic mass is 10.1. The number of hydrogen-bond donors (Lipinski definition) is 1. The van der Waals surface area contributed by atoms with Crippen LogP contribution in [0.25, 0.3) is 10.9 Å². The molecular formula is C18H16N4O. The van der Waals surface area contributed by atoms with Crippen LogP contribution in [0, 0.1) is 6.92 Å². The number of fused-ring (bicyclic) bond motifs is 3. The molecule has 1 aromatic heterocycles. The Morgan fingerprint density at radius 2 is 1.96 bits per heavy atom. The highest BCUT2D eigenvalue weighted by molar-refractivity contribution is 5.95. The maximum atomic E-state index is 12.4. The standard InChI is InChI=1S/C18H16N4O/c1-12-6-8-13(9-7-12)17(23)21-18-20-15-5-3-2-4-14(15)16-19-10-11-22(16)18/h2-9,19H,10-11H2,1H3. The van der Waals surface area contributed by atoms with E-state index in [2.05, 4.69) is 15.3 Å². The number of carbonyl (C=O) groups excluding carboxylic acids is 1. The van der Waals surface area contributed by atoms with Crippen molar-refractivity contribution in [2.75, 3.05) is 11.9 Å². The summed E-state index contributed by atoms with van der Waals surface area (Å²) in [4.78, 5) is 21.2. The van der Waals surface area contributed by atoms with E-state index in [1.165, 1.54) is 0 Å². The molecule has 5 nitrogen and oxygen atoms in total. The minimum absolute atomic E-state index is 0.269. The number of benzene rings is 2. The Morgan fingerprint density at radius 1 is 1.17 bits per heavy atom. The van der Waals surface area contributed by atoms with Crippen molar-refractivity contribution in [3.63, 3.8) is 0 Å². The van der Waals surface area contributed by atoms with E-state index in [1.807, 2.05) is 47.9 Å². The minimum Gasteiger partial charge on any atom is -0.369 e. The number of aryl methyl sites for hydroxylation is 1. The van der Waals surface area contributed by atoms with E-state index in [0.717, 1.165) is 35.4 Å². The molecule has 0 unspecified atom stereocenters. The fourth-order valence-electron chi connectivity index (χ4n) is 2.81. The van der Waals surface area contributed by atoms with E-state index in [4.69, 9.17) is 0 Å². The van der Waals surface area contributed by atoms with E-state index >= 15 is 0 Å². The molecule has 5 heteroatoms. The molecule has 0 radical (unpaired) electrons. The molecule has 0 saturated carbocycles. The first kappa shape index (κ1) is 13.7. The summed E-state index contributed by atoms with van der Waals surface area (Å²) in [5.41, 5.74) is 2.98. The third-order valence-corrected chi connectivity index (χ3v) is 4.02. The molecule has 23 heavy (non-hydrogen) atoms. The number of para-hydroxylation sites is 1. The van der Waals surface area contributed by atoms with E-state index in [9.17, 15) is 4.79 Å². The fraction of sp³-hybridized carbons (Fsp3) is 0.167. The topological polar surface area (TPSA) is 59.3 Å². The van der Waals surface area contributed by atoms with E-state index in [0.29, 0.717) is 11.2 Å². The normalized spacial score (nSPS) is 13.9. The van der Waals surface area contributed by atoms with Gasteiger partial charge in [0.15, 0.2) is 0 Å². The Kier molecular flexibility index (Phi) is 3.19. The van der Waals surface area contributed by atoms with Crippen LogP contribution in [0.5, 0.6) is 0 Å². The smallest absolute Gasteiger partial charge is 0.280 e. The van der Waals surface area contributed by atoms with E-state index < -0.39 is 0 Å². The van der Waals surface area contributed by atoms with Gasteiger partial charge in [0.25, 0.3) is 5.91 Å². The second kappa shape index (κ2) is 5.35. The van der Waals surface area contributed by atoms with Crippen LogP contribution in [0.2, 0.25) is 0 Å². The molecule has 1 aliphatic heterocycles. The molecule has 0 saturated heterocycles. The summed E-state index contributed by atoms with van der Waals surface area (Å²) < 4.78 is 1.97. The Morgan fingerprint density at radius 3 is 2.78 bits per heavy atom. The zero-order valence-electron chi connectivity index (χ0n) is 12.8. The number of rotatable bonds is 1. The van der Waals surface area contributed by atoms with Crippen molar-refractivity contribution in [3.8, 4) is 0 Å². The highest BCUT2D eigenvalue weighted by Crippen LogP contribution is 2.22. The van der Waals surface area contributed by atoms with E-state index in [1.54, 1.807) is 12.1 Å². The van der Waals surface area contributed by atoms with Gasteiger partial charge in [0.1, 0.15) is 5.82 Å². The lowest BCUT2D eigenvalue weighted by Crippen LogP contribution is -2.24. The van der Waals surface area contributed by atoms with Crippen LogP contribution in [0.4, 0.5) is 5.82 Å². The number of nitrogens with zero attached hydrogens (tertiary/aromatic N) is 3. The molecule has 2 aromatic carbocycles. The van der Waals surface area contributed by atoms with Gasteiger partial charge in [-0.05, 0) is 31.2 Å². The molecule has 0 fully saturated rings. The predicted molar refractivity (Wildman–Crippen MR) is 89.3 cm³/mol. The zero-order chi connectivity index (χ0) is 15.8. The third-order valence-electron chi connectivity index (χ3n) is 4.02. The van der Waals surface area contributed by atoms with Crippen molar-refractivity contribution in [1.29, 1.82) is 0 Å². The first-order valence-corrected chi connectivity index (χ1v) is 7.61. The molecule has 0 aliphatic carbocycles. The van der Waals surface area contributed by atoms with Crippen LogP contribution in [0.15, 0.2) is 53.5 Å². The maximum absolute atomic E-state index is 12.4. The van der Waals surface area contributed by atoms with Crippen molar-refractivity contribution in [3.05, 3.63) is 65.3 Å². The summed E-state index contributed by atoms with van der Waals surface area (Å²) in [5, 5.41) is 4.40.